The number of alkyl halides is 1. The van der Waals surface area contributed by atoms with E-state index >= 15 is 0 Å². The molecular weight excluding hydrogens is 113 g/mol. The maximum atomic E-state index is 12.0. The number of hydrogen-bond donors (Lipinski definition) is 1. The molecule has 1 unspecified atom stereocenters. The van der Waals surface area contributed by atoms with Gasteiger partial charge < -0.3 is 10.1 Å². The van der Waals surface area contributed by atoms with Gasteiger partial charge in [0, 0.05) is 0 Å². The van der Waals surface area contributed by atoms with Crippen molar-refractivity contribution in [3.63, 3.8) is 0 Å². The van der Waals surface area contributed by atoms with E-state index in [2.05, 4.69) is 10.1 Å². The lowest BCUT2D eigenvalue weighted by molar-refractivity contribution is 0.0858. The zero-order valence-corrected chi connectivity index (χ0v) is 4.19. The van der Waals surface area contributed by atoms with E-state index in [9.17, 15) is 9.18 Å². The molecule has 0 aromatic rings. The van der Waals surface area contributed by atoms with Crippen LogP contribution in [0.5, 0.6) is 0 Å². The van der Waals surface area contributed by atoms with Gasteiger partial charge >= 0.3 is 6.09 Å². The van der Waals surface area contributed by atoms with Gasteiger partial charge in [0.25, 0.3) is 0 Å². The lowest BCUT2D eigenvalue weighted by Crippen LogP contribution is -2.39. The number of alkyl carbamates (subject to hydrolysis) is 1. The fraction of sp³-hybridized carbons (Fsp3) is 0.750. The predicted molar refractivity (Wildman–Crippen MR) is 24.2 cm³/mol. The van der Waals surface area contributed by atoms with Crippen LogP contribution < -0.4 is 5.32 Å². The van der Waals surface area contributed by atoms with Gasteiger partial charge in [-0.25, -0.2) is 9.18 Å². The van der Waals surface area contributed by atoms with Crippen molar-refractivity contribution in [1.82, 2.24) is 5.32 Å². The van der Waals surface area contributed by atoms with E-state index in [1.807, 2.05) is 0 Å². The van der Waals surface area contributed by atoms with Gasteiger partial charge in [-0.3, -0.25) is 0 Å². The summed E-state index contributed by atoms with van der Waals surface area (Å²) >= 11 is 0. The Bertz CT molecular complexity index is 96.2. The summed E-state index contributed by atoms with van der Waals surface area (Å²) in [5.74, 6) is 0. The fourth-order valence-corrected chi connectivity index (χ4v) is 0.470. The van der Waals surface area contributed by atoms with Crippen molar-refractivity contribution in [1.29, 1.82) is 0 Å². The normalized spacial score (nSPS) is 28.6. The Balaban J connectivity index is 2.29. The molecule has 1 N–H and O–H groups in total. The van der Waals surface area contributed by atoms with Crippen molar-refractivity contribution in [3.05, 3.63) is 0 Å². The van der Waals surface area contributed by atoms with Crippen LogP contribution in [0, 0.1) is 0 Å². The lowest BCUT2D eigenvalue weighted by atomic mass is 10.4. The topological polar surface area (TPSA) is 38.3 Å². The predicted octanol–water partition coefficient (Wildman–Crippen LogP) is 0.0643. The van der Waals surface area contributed by atoms with E-state index < -0.39 is 12.3 Å². The highest BCUT2D eigenvalue weighted by Gasteiger charge is 2.16. The first kappa shape index (κ1) is 5.34. The third-order valence-corrected chi connectivity index (χ3v) is 0.863. The molecule has 1 amide bonds. The molecule has 0 aromatic carbocycles. The smallest absolute Gasteiger partial charge is 0.407 e. The molecule has 0 aliphatic carbocycles. The Morgan fingerprint density at radius 3 is 3.00 bits per heavy atom. The molecule has 46 valence electrons. The minimum Gasteiger partial charge on any atom is -0.446 e. The van der Waals surface area contributed by atoms with E-state index in [1.165, 1.54) is 0 Å². The highest BCUT2D eigenvalue weighted by molar-refractivity contribution is 5.67. The molecule has 1 atom stereocenters. The first-order valence-corrected chi connectivity index (χ1v) is 2.34. The molecule has 1 fully saturated rings. The second-order valence-corrected chi connectivity index (χ2v) is 1.58. The number of ether oxygens (including phenoxy) is 1. The van der Waals surface area contributed by atoms with Crippen LogP contribution in [-0.4, -0.2) is 25.4 Å². The van der Waals surface area contributed by atoms with Crippen LogP contribution >= 0.6 is 0 Å². The van der Waals surface area contributed by atoms with Gasteiger partial charge in [0.1, 0.15) is 6.61 Å². The van der Waals surface area contributed by atoms with Crippen molar-refractivity contribution in [2.24, 2.45) is 0 Å². The average Bonchev–Trinajstić information content (AvgIpc) is 1.77. The van der Waals surface area contributed by atoms with Crippen molar-refractivity contribution >= 4 is 6.09 Å². The molecule has 0 bridgehead atoms. The number of cyclic esters (lactones) is 1. The summed E-state index contributed by atoms with van der Waals surface area (Å²) in [5.41, 5.74) is 0. The number of halogens is 1. The van der Waals surface area contributed by atoms with Gasteiger partial charge in [-0.05, 0) is 0 Å². The highest BCUT2D eigenvalue weighted by Crippen LogP contribution is 1.95. The molecule has 1 heterocycles. The largest absolute Gasteiger partial charge is 0.446 e. The van der Waals surface area contributed by atoms with Crippen LogP contribution in [0.2, 0.25) is 0 Å². The Morgan fingerprint density at radius 1 is 1.88 bits per heavy atom. The average molecular weight is 119 g/mol. The van der Waals surface area contributed by atoms with Crippen LogP contribution in [0.15, 0.2) is 0 Å². The van der Waals surface area contributed by atoms with E-state index in [0.29, 0.717) is 0 Å². The van der Waals surface area contributed by atoms with Crippen LogP contribution in [0.3, 0.4) is 0 Å². The molecule has 0 spiro atoms. The summed E-state index contributed by atoms with van der Waals surface area (Å²) in [7, 11) is 0. The fourth-order valence-electron chi connectivity index (χ4n) is 0.470. The quantitative estimate of drug-likeness (QED) is 0.489. The Morgan fingerprint density at radius 2 is 2.62 bits per heavy atom. The number of carbonyl (C=O) groups excluding carboxylic acids is 1. The first-order chi connectivity index (χ1) is 3.79. The number of amides is 1. The molecule has 0 saturated carbocycles. The molecule has 8 heavy (non-hydrogen) atoms. The van der Waals surface area contributed by atoms with Crippen molar-refractivity contribution in [2.75, 3.05) is 13.2 Å². The Labute approximate surface area is 45.8 Å². The molecule has 0 radical (unpaired) electrons. The zero-order valence-electron chi connectivity index (χ0n) is 4.19. The molecule has 4 heteroatoms. The van der Waals surface area contributed by atoms with Gasteiger partial charge in [0.05, 0.1) is 6.54 Å². The van der Waals surface area contributed by atoms with Crippen LogP contribution in [-0.2, 0) is 4.74 Å². The van der Waals surface area contributed by atoms with Crippen molar-refractivity contribution < 1.29 is 13.9 Å². The van der Waals surface area contributed by atoms with E-state index in [1.54, 1.807) is 0 Å². The number of rotatable bonds is 0. The summed E-state index contributed by atoms with van der Waals surface area (Å²) in [4.78, 5) is 10.1. The summed E-state index contributed by atoms with van der Waals surface area (Å²) in [5, 5.41) is 2.20. The first-order valence-electron chi connectivity index (χ1n) is 2.34. The molecule has 3 nitrogen and oxygen atoms in total. The van der Waals surface area contributed by atoms with E-state index in [4.69, 9.17) is 0 Å². The number of nitrogens with one attached hydrogen (secondary N) is 1. The van der Waals surface area contributed by atoms with Crippen LogP contribution in [0.25, 0.3) is 0 Å². The summed E-state index contributed by atoms with van der Waals surface area (Å²) in [6.45, 7) is -0.0231. The van der Waals surface area contributed by atoms with Crippen LogP contribution in [0.1, 0.15) is 0 Å². The third kappa shape index (κ3) is 1.08. The van der Waals surface area contributed by atoms with Crippen molar-refractivity contribution in [2.45, 2.75) is 6.17 Å². The van der Waals surface area contributed by atoms with Crippen LogP contribution in [0.4, 0.5) is 9.18 Å². The van der Waals surface area contributed by atoms with Crippen molar-refractivity contribution in [3.8, 4) is 0 Å². The van der Waals surface area contributed by atoms with E-state index in [0.717, 1.165) is 0 Å². The number of carbonyl (C=O) groups is 1. The molecule has 1 rings (SSSR count). The Kier molecular flexibility index (Phi) is 1.32. The maximum absolute atomic E-state index is 12.0. The van der Waals surface area contributed by atoms with Gasteiger partial charge in [0.15, 0.2) is 6.17 Å². The van der Waals surface area contributed by atoms with Gasteiger partial charge in [0.2, 0.25) is 0 Å². The SMILES string of the molecule is O=C1NCC(F)CO1. The molecule has 1 aliphatic rings. The second-order valence-electron chi connectivity index (χ2n) is 1.58. The lowest BCUT2D eigenvalue weighted by Gasteiger charge is -2.15. The summed E-state index contributed by atoms with van der Waals surface area (Å²) in [6, 6.07) is 0. The highest BCUT2D eigenvalue weighted by atomic mass is 19.1. The molecular formula is C4H6FNO2. The minimum absolute atomic E-state index is 0.0822. The zero-order chi connectivity index (χ0) is 5.98. The number of hydrogen-bond acceptors (Lipinski definition) is 2. The maximum Gasteiger partial charge on any atom is 0.407 e. The van der Waals surface area contributed by atoms with Gasteiger partial charge in [-0.2, -0.15) is 0 Å². The molecule has 0 aromatic heterocycles. The molecule has 1 aliphatic heterocycles. The van der Waals surface area contributed by atoms with Gasteiger partial charge in [-0.15, -0.1) is 0 Å². The molecule has 1 saturated heterocycles. The second kappa shape index (κ2) is 1.98. The van der Waals surface area contributed by atoms with E-state index in [-0.39, 0.29) is 13.2 Å². The minimum atomic E-state index is -1.03. The monoisotopic (exact) mass is 119 g/mol. The van der Waals surface area contributed by atoms with Gasteiger partial charge in [-0.1, -0.05) is 0 Å². The summed E-state index contributed by atoms with van der Waals surface area (Å²) < 4.78 is 16.3. The summed E-state index contributed by atoms with van der Waals surface area (Å²) in [6.07, 6.45) is -1.56. The Hall–Kier alpha value is -0.800. The third-order valence-electron chi connectivity index (χ3n) is 0.863. The standard InChI is InChI=1S/C4H6FNO2/c5-3-1-6-4(7)8-2-3/h3H,1-2H2,(H,6,7).